The van der Waals surface area contributed by atoms with E-state index in [1.807, 2.05) is 13.8 Å². The minimum Gasteiger partial charge on any atom is -0.467 e. The molecule has 0 fully saturated rings. The van der Waals surface area contributed by atoms with Gasteiger partial charge in [0.15, 0.2) is 0 Å². The first-order chi connectivity index (χ1) is 10.2. The van der Waals surface area contributed by atoms with Crippen molar-refractivity contribution in [3.05, 3.63) is 0 Å². The standard InChI is InChI=1S/C13H24N2O5.C2H6/c1-6-14-12(18)15-9(11(17)19-5)7-8-10(16)20-13(2,3)4;1-2/h9H,6-8H2,1-5H3,(H2,14,15,18);1-2H3. The van der Waals surface area contributed by atoms with Crippen molar-refractivity contribution >= 4 is 18.0 Å². The average Bonchev–Trinajstić information content (AvgIpc) is 2.43. The number of amides is 2. The summed E-state index contributed by atoms with van der Waals surface area (Å²) in [6.45, 7) is 11.5. The summed E-state index contributed by atoms with van der Waals surface area (Å²) in [6.07, 6.45) is 0.141. The molecule has 1 unspecified atom stereocenters. The van der Waals surface area contributed by atoms with Crippen molar-refractivity contribution in [3.63, 3.8) is 0 Å². The Kier molecular flexibility index (Phi) is 12.1. The summed E-state index contributed by atoms with van der Waals surface area (Å²) >= 11 is 0. The monoisotopic (exact) mass is 318 g/mol. The van der Waals surface area contributed by atoms with Gasteiger partial charge in [0.25, 0.3) is 0 Å². The molecule has 22 heavy (non-hydrogen) atoms. The van der Waals surface area contributed by atoms with Gasteiger partial charge < -0.3 is 20.1 Å². The van der Waals surface area contributed by atoms with Crippen LogP contribution in [0.4, 0.5) is 4.79 Å². The van der Waals surface area contributed by atoms with E-state index in [0.717, 1.165) is 0 Å². The van der Waals surface area contributed by atoms with Gasteiger partial charge in [-0.25, -0.2) is 9.59 Å². The van der Waals surface area contributed by atoms with Crippen LogP contribution in [0.15, 0.2) is 0 Å². The van der Waals surface area contributed by atoms with E-state index in [2.05, 4.69) is 15.4 Å². The maximum atomic E-state index is 11.6. The van der Waals surface area contributed by atoms with Gasteiger partial charge in [-0.05, 0) is 34.1 Å². The zero-order valence-corrected chi connectivity index (χ0v) is 14.7. The predicted octanol–water partition coefficient (Wildman–Crippen LogP) is 2.00. The number of ether oxygens (including phenoxy) is 2. The maximum absolute atomic E-state index is 11.6. The van der Waals surface area contributed by atoms with Crippen LogP contribution in [0.25, 0.3) is 0 Å². The highest BCUT2D eigenvalue weighted by Crippen LogP contribution is 2.10. The van der Waals surface area contributed by atoms with Crippen molar-refractivity contribution in [3.8, 4) is 0 Å². The lowest BCUT2D eigenvalue weighted by molar-refractivity contribution is -0.155. The highest BCUT2D eigenvalue weighted by molar-refractivity contribution is 5.84. The Labute approximate surface area is 133 Å². The average molecular weight is 318 g/mol. The smallest absolute Gasteiger partial charge is 0.328 e. The largest absolute Gasteiger partial charge is 0.467 e. The molecule has 0 radical (unpaired) electrons. The molecule has 0 spiro atoms. The highest BCUT2D eigenvalue weighted by Gasteiger charge is 2.24. The molecule has 0 aliphatic carbocycles. The molecule has 0 saturated heterocycles. The number of hydrogen-bond acceptors (Lipinski definition) is 5. The molecule has 1 atom stereocenters. The Hall–Kier alpha value is -1.79. The van der Waals surface area contributed by atoms with E-state index >= 15 is 0 Å². The van der Waals surface area contributed by atoms with E-state index in [4.69, 9.17) is 4.74 Å². The Morgan fingerprint density at radius 3 is 2.09 bits per heavy atom. The number of urea groups is 1. The minimum absolute atomic E-state index is 0.0173. The van der Waals surface area contributed by atoms with Crippen LogP contribution in [-0.2, 0) is 19.1 Å². The van der Waals surface area contributed by atoms with Gasteiger partial charge in [-0.3, -0.25) is 4.79 Å². The quantitative estimate of drug-likeness (QED) is 0.731. The van der Waals surface area contributed by atoms with Crippen LogP contribution in [0, 0.1) is 0 Å². The molecule has 0 aromatic carbocycles. The van der Waals surface area contributed by atoms with Gasteiger partial charge in [0.2, 0.25) is 0 Å². The minimum atomic E-state index is -0.876. The first-order valence-corrected chi connectivity index (χ1v) is 7.53. The van der Waals surface area contributed by atoms with E-state index in [1.165, 1.54) is 7.11 Å². The van der Waals surface area contributed by atoms with E-state index in [1.54, 1.807) is 27.7 Å². The first kappa shape index (κ1) is 22.5. The lowest BCUT2D eigenvalue weighted by Crippen LogP contribution is -2.46. The summed E-state index contributed by atoms with van der Waals surface area (Å²) in [7, 11) is 1.22. The van der Waals surface area contributed by atoms with Crippen LogP contribution in [0.5, 0.6) is 0 Å². The van der Waals surface area contributed by atoms with Gasteiger partial charge in [-0.2, -0.15) is 0 Å². The number of carbonyl (C=O) groups excluding carboxylic acids is 3. The van der Waals surface area contributed by atoms with E-state index in [0.29, 0.717) is 6.54 Å². The predicted molar refractivity (Wildman–Crippen MR) is 84.4 cm³/mol. The van der Waals surface area contributed by atoms with Gasteiger partial charge in [0.05, 0.1) is 7.11 Å². The fraction of sp³-hybridized carbons (Fsp3) is 0.800. The number of carbonyl (C=O) groups is 3. The number of methoxy groups -OCH3 is 1. The van der Waals surface area contributed by atoms with Crippen molar-refractivity contribution in [2.24, 2.45) is 0 Å². The Morgan fingerprint density at radius 2 is 1.68 bits per heavy atom. The zero-order chi connectivity index (χ0) is 17.8. The molecule has 7 nitrogen and oxygen atoms in total. The molecule has 0 aromatic heterocycles. The topological polar surface area (TPSA) is 93.7 Å². The molecule has 0 aliphatic heterocycles. The van der Waals surface area contributed by atoms with Crippen molar-refractivity contribution in [1.29, 1.82) is 0 Å². The second kappa shape index (κ2) is 11.8. The Balaban J connectivity index is 0. The van der Waals surface area contributed by atoms with Crippen LogP contribution >= 0.6 is 0 Å². The third-order valence-corrected chi connectivity index (χ3v) is 2.19. The first-order valence-electron chi connectivity index (χ1n) is 7.53. The molecule has 2 amide bonds. The molecule has 0 heterocycles. The summed E-state index contributed by atoms with van der Waals surface area (Å²) in [5.74, 6) is -1.02. The van der Waals surface area contributed by atoms with E-state index in [-0.39, 0.29) is 12.8 Å². The van der Waals surface area contributed by atoms with Crippen molar-refractivity contribution in [2.45, 2.75) is 66.0 Å². The number of nitrogens with one attached hydrogen (secondary N) is 2. The molecular weight excluding hydrogens is 288 g/mol. The van der Waals surface area contributed by atoms with Crippen LogP contribution in [0.3, 0.4) is 0 Å². The maximum Gasteiger partial charge on any atom is 0.328 e. The van der Waals surface area contributed by atoms with Gasteiger partial charge >= 0.3 is 18.0 Å². The second-order valence-electron chi connectivity index (χ2n) is 5.20. The van der Waals surface area contributed by atoms with Crippen molar-refractivity contribution in [2.75, 3.05) is 13.7 Å². The van der Waals surface area contributed by atoms with Gasteiger partial charge in [-0.1, -0.05) is 13.8 Å². The molecule has 2 N–H and O–H groups in total. The van der Waals surface area contributed by atoms with Crippen LogP contribution in [-0.4, -0.2) is 43.3 Å². The fourth-order valence-electron chi connectivity index (χ4n) is 1.42. The lowest BCUT2D eigenvalue weighted by Gasteiger charge is -2.21. The third kappa shape index (κ3) is 12.0. The van der Waals surface area contributed by atoms with Crippen LogP contribution < -0.4 is 10.6 Å². The van der Waals surface area contributed by atoms with Crippen LogP contribution in [0.1, 0.15) is 54.4 Å². The summed E-state index contributed by atoms with van der Waals surface area (Å²) < 4.78 is 9.73. The molecule has 0 rings (SSSR count). The molecular formula is C15H30N2O5. The lowest BCUT2D eigenvalue weighted by atomic mass is 10.1. The van der Waals surface area contributed by atoms with E-state index < -0.39 is 29.6 Å². The zero-order valence-electron chi connectivity index (χ0n) is 14.7. The van der Waals surface area contributed by atoms with Gasteiger partial charge in [0, 0.05) is 13.0 Å². The third-order valence-electron chi connectivity index (χ3n) is 2.19. The van der Waals surface area contributed by atoms with Crippen LogP contribution in [0.2, 0.25) is 0 Å². The summed E-state index contributed by atoms with van der Waals surface area (Å²) in [5, 5.41) is 4.96. The molecule has 130 valence electrons. The van der Waals surface area contributed by atoms with Crippen molar-refractivity contribution < 1.29 is 23.9 Å². The van der Waals surface area contributed by atoms with Gasteiger partial charge in [0.1, 0.15) is 11.6 Å². The SMILES string of the molecule is CC.CCNC(=O)NC(CCC(=O)OC(C)(C)C)C(=O)OC. The summed E-state index contributed by atoms with van der Waals surface area (Å²) in [6, 6.07) is -1.36. The molecule has 0 aliphatic rings. The van der Waals surface area contributed by atoms with E-state index in [9.17, 15) is 14.4 Å². The molecule has 7 heteroatoms. The van der Waals surface area contributed by atoms with Gasteiger partial charge in [-0.15, -0.1) is 0 Å². The number of esters is 2. The highest BCUT2D eigenvalue weighted by atomic mass is 16.6. The fourth-order valence-corrected chi connectivity index (χ4v) is 1.42. The molecule has 0 saturated carbocycles. The number of rotatable bonds is 6. The summed E-state index contributed by atoms with van der Waals surface area (Å²) in [5.41, 5.74) is -0.579. The summed E-state index contributed by atoms with van der Waals surface area (Å²) in [4.78, 5) is 34.5. The van der Waals surface area contributed by atoms with Crippen molar-refractivity contribution in [1.82, 2.24) is 10.6 Å². The normalized spacial score (nSPS) is 11.4. The Bertz CT molecular complexity index is 350. The number of hydrogen-bond donors (Lipinski definition) is 2. The second-order valence-corrected chi connectivity index (χ2v) is 5.20. The molecule has 0 aromatic rings. The Morgan fingerprint density at radius 1 is 1.14 bits per heavy atom. The molecule has 0 bridgehead atoms.